The molecule has 0 N–H and O–H groups in total. The Kier molecular flexibility index (Phi) is 8.12. The van der Waals surface area contributed by atoms with Crippen molar-refractivity contribution in [3.63, 3.8) is 0 Å². The van der Waals surface area contributed by atoms with E-state index in [1.54, 1.807) is 11.5 Å². The quantitative estimate of drug-likeness (QED) is 0.236. The standard InChI is InChI=1S/C32H34BrN3O4S/c1-8-14-35-20(6)23(22-11-9-10-18(4)28(22)35)16-26-30(37)36-29(24-15-21(33)12-13-25(24)40-17(2)3)27(31(38)39-7)19(5)34-32(36)41-26/h9-13,15-17,29H,8,14H2,1-7H3/b26-16-/t29-/m0/s1. The van der Waals surface area contributed by atoms with Gasteiger partial charge in [0.15, 0.2) is 4.80 Å². The first-order valence-electron chi connectivity index (χ1n) is 13.7. The minimum Gasteiger partial charge on any atom is -0.491 e. The summed E-state index contributed by atoms with van der Waals surface area (Å²) in [5.41, 5.74) is 5.82. The van der Waals surface area contributed by atoms with Gasteiger partial charge in [0.1, 0.15) is 11.8 Å². The van der Waals surface area contributed by atoms with Gasteiger partial charge in [0.25, 0.3) is 5.56 Å². The van der Waals surface area contributed by atoms with Crippen LogP contribution in [0.5, 0.6) is 5.75 Å². The molecule has 3 heterocycles. The number of carbonyl (C=O) groups excluding carboxylic acids is 1. The molecule has 0 bridgehead atoms. The van der Waals surface area contributed by atoms with E-state index in [-0.39, 0.29) is 11.7 Å². The molecule has 5 rings (SSSR count). The van der Waals surface area contributed by atoms with Crippen LogP contribution in [0, 0.1) is 13.8 Å². The molecule has 0 unspecified atom stereocenters. The van der Waals surface area contributed by atoms with E-state index in [0.717, 1.165) is 34.1 Å². The number of methoxy groups -OCH3 is 1. The van der Waals surface area contributed by atoms with Crippen LogP contribution in [-0.4, -0.2) is 28.3 Å². The highest BCUT2D eigenvalue weighted by atomic mass is 79.9. The number of allylic oxidation sites excluding steroid dienone is 1. The fourth-order valence-corrected chi connectivity index (χ4v) is 7.05. The third kappa shape index (κ3) is 5.10. The van der Waals surface area contributed by atoms with Gasteiger partial charge in [-0.05, 0) is 70.9 Å². The summed E-state index contributed by atoms with van der Waals surface area (Å²) in [5.74, 6) is 0.0581. The number of esters is 1. The molecular weight excluding hydrogens is 602 g/mol. The van der Waals surface area contributed by atoms with Crippen LogP contribution in [-0.2, 0) is 16.1 Å². The molecule has 0 saturated heterocycles. The van der Waals surface area contributed by atoms with Crippen LogP contribution >= 0.6 is 27.3 Å². The Hall–Kier alpha value is -3.43. The third-order valence-electron chi connectivity index (χ3n) is 7.37. The second-order valence-corrected chi connectivity index (χ2v) is 12.5. The van der Waals surface area contributed by atoms with E-state index < -0.39 is 12.0 Å². The average Bonchev–Trinajstić information content (AvgIpc) is 3.37. The number of benzene rings is 2. The van der Waals surface area contributed by atoms with Crippen LogP contribution in [0.3, 0.4) is 0 Å². The third-order valence-corrected chi connectivity index (χ3v) is 8.85. The smallest absolute Gasteiger partial charge is 0.338 e. The van der Waals surface area contributed by atoms with Gasteiger partial charge in [-0.15, -0.1) is 0 Å². The minimum atomic E-state index is -0.767. The highest BCUT2D eigenvalue weighted by molar-refractivity contribution is 9.10. The lowest BCUT2D eigenvalue weighted by Gasteiger charge is -2.26. The number of para-hydroxylation sites is 1. The first kappa shape index (κ1) is 29.1. The van der Waals surface area contributed by atoms with Crippen LogP contribution in [0.15, 0.2) is 61.9 Å². The monoisotopic (exact) mass is 635 g/mol. The molecular formula is C32H34BrN3O4S. The van der Waals surface area contributed by atoms with Crippen LogP contribution in [0.2, 0.25) is 0 Å². The van der Waals surface area contributed by atoms with Crippen molar-refractivity contribution in [2.24, 2.45) is 4.99 Å². The number of aryl methyl sites for hydroxylation is 2. The molecule has 2 aromatic heterocycles. The van der Waals surface area contributed by atoms with Crippen molar-refractivity contribution in [3.05, 3.63) is 94.2 Å². The summed E-state index contributed by atoms with van der Waals surface area (Å²) in [7, 11) is 1.34. The molecule has 2 aromatic carbocycles. The number of aromatic nitrogens is 2. The summed E-state index contributed by atoms with van der Waals surface area (Å²) in [6.07, 6.45) is 2.88. The SMILES string of the molecule is CCCn1c(C)c(/C=c2\sc3n(c2=O)[C@@H](c2cc(Br)ccc2OC(C)C)C(C(=O)OC)=C(C)N=3)c2cccc(C)c21. The highest BCUT2D eigenvalue weighted by Crippen LogP contribution is 2.38. The maximum absolute atomic E-state index is 14.3. The molecule has 1 atom stereocenters. The van der Waals surface area contributed by atoms with Crippen molar-refractivity contribution in [1.29, 1.82) is 0 Å². The average molecular weight is 637 g/mol. The molecule has 0 amide bonds. The largest absolute Gasteiger partial charge is 0.491 e. The molecule has 214 valence electrons. The van der Waals surface area contributed by atoms with Crippen LogP contribution in [0.1, 0.15) is 62.5 Å². The molecule has 0 aliphatic carbocycles. The van der Waals surface area contributed by atoms with Gasteiger partial charge >= 0.3 is 5.97 Å². The molecule has 4 aromatic rings. The van der Waals surface area contributed by atoms with Crippen molar-refractivity contribution >= 4 is 50.2 Å². The molecule has 0 saturated carbocycles. The van der Waals surface area contributed by atoms with Crippen LogP contribution in [0.4, 0.5) is 0 Å². The number of nitrogens with zero attached hydrogens (tertiary/aromatic N) is 3. The highest BCUT2D eigenvalue weighted by Gasteiger charge is 2.35. The number of hydrogen-bond donors (Lipinski definition) is 0. The van der Waals surface area contributed by atoms with Gasteiger partial charge < -0.3 is 14.0 Å². The fraction of sp³-hybridized carbons (Fsp3) is 0.344. The zero-order valence-corrected chi connectivity index (χ0v) is 26.8. The molecule has 1 aliphatic heterocycles. The Morgan fingerprint density at radius 2 is 1.95 bits per heavy atom. The summed E-state index contributed by atoms with van der Waals surface area (Å²) >= 11 is 4.90. The van der Waals surface area contributed by atoms with E-state index in [9.17, 15) is 9.59 Å². The van der Waals surface area contributed by atoms with Gasteiger partial charge in [0.05, 0.1) is 34.5 Å². The predicted octanol–water partition coefficient (Wildman–Crippen LogP) is 5.94. The number of ether oxygens (including phenoxy) is 2. The van der Waals surface area contributed by atoms with Crippen molar-refractivity contribution in [1.82, 2.24) is 9.13 Å². The molecule has 0 spiro atoms. The number of thiazole rings is 1. The first-order valence-corrected chi connectivity index (χ1v) is 15.3. The van der Waals surface area contributed by atoms with E-state index in [0.29, 0.717) is 31.9 Å². The summed E-state index contributed by atoms with van der Waals surface area (Å²) in [4.78, 5) is 32.7. The van der Waals surface area contributed by atoms with Gasteiger partial charge in [-0.2, -0.15) is 0 Å². The van der Waals surface area contributed by atoms with Crippen molar-refractivity contribution < 1.29 is 14.3 Å². The van der Waals surface area contributed by atoms with Gasteiger partial charge in [0, 0.05) is 33.2 Å². The Morgan fingerprint density at radius 1 is 1.20 bits per heavy atom. The maximum Gasteiger partial charge on any atom is 0.338 e. The van der Waals surface area contributed by atoms with Crippen LogP contribution in [0.25, 0.3) is 17.0 Å². The number of fused-ring (bicyclic) bond motifs is 2. The molecule has 0 radical (unpaired) electrons. The number of hydrogen-bond acceptors (Lipinski definition) is 6. The molecule has 9 heteroatoms. The molecule has 41 heavy (non-hydrogen) atoms. The van der Waals surface area contributed by atoms with Gasteiger partial charge in [-0.3, -0.25) is 9.36 Å². The summed E-state index contributed by atoms with van der Waals surface area (Å²) in [6, 6.07) is 11.2. The van der Waals surface area contributed by atoms with Gasteiger partial charge in [-0.1, -0.05) is 52.4 Å². The predicted molar refractivity (Wildman–Crippen MR) is 167 cm³/mol. The van der Waals surface area contributed by atoms with Crippen molar-refractivity contribution in [2.75, 3.05) is 7.11 Å². The van der Waals surface area contributed by atoms with E-state index in [1.165, 1.54) is 29.5 Å². The molecule has 7 nitrogen and oxygen atoms in total. The van der Waals surface area contributed by atoms with E-state index in [1.807, 2.05) is 38.1 Å². The number of rotatable bonds is 7. The Labute approximate surface area is 251 Å². The molecule has 0 fully saturated rings. The lowest BCUT2D eigenvalue weighted by molar-refractivity contribution is -0.136. The Morgan fingerprint density at radius 3 is 2.63 bits per heavy atom. The van der Waals surface area contributed by atoms with Crippen molar-refractivity contribution in [3.8, 4) is 5.75 Å². The number of halogens is 1. The summed E-state index contributed by atoms with van der Waals surface area (Å²) in [6.45, 7) is 13.0. The zero-order valence-electron chi connectivity index (χ0n) is 24.4. The number of carbonyl (C=O) groups is 1. The Balaban J connectivity index is 1.82. The minimum absolute atomic E-state index is 0.107. The van der Waals surface area contributed by atoms with Gasteiger partial charge in [0.2, 0.25) is 0 Å². The first-order chi connectivity index (χ1) is 19.6. The normalized spacial score (nSPS) is 15.4. The topological polar surface area (TPSA) is 74.8 Å². The maximum atomic E-state index is 14.3. The van der Waals surface area contributed by atoms with Crippen molar-refractivity contribution in [2.45, 2.75) is 66.7 Å². The lowest BCUT2D eigenvalue weighted by atomic mass is 9.95. The van der Waals surface area contributed by atoms with E-state index in [4.69, 9.17) is 14.5 Å². The zero-order chi connectivity index (χ0) is 29.6. The van der Waals surface area contributed by atoms with E-state index in [2.05, 4.69) is 59.5 Å². The lowest BCUT2D eigenvalue weighted by Crippen LogP contribution is -2.40. The summed E-state index contributed by atoms with van der Waals surface area (Å²) in [5, 5.41) is 1.12. The second kappa shape index (κ2) is 11.4. The van der Waals surface area contributed by atoms with E-state index >= 15 is 0 Å². The second-order valence-electron chi connectivity index (χ2n) is 10.5. The van der Waals surface area contributed by atoms with Gasteiger partial charge in [-0.25, -0.2) is 9.79 Å². The fourth-order valence-electron chi connectivity index (χ4n) is 5.64. The molecule has 1 aliphatic rings. The summed E-state index contributed by atoms with van der Waals surface area (Å²) < 4.78 is 16.7. The Bertz CT molecular complexity index is 1890. The van der Waals surface area contributed by atoms with Crippen LogP contribution < -0.4 is 19.6 Å².